The maximum Gasteiger partial charge on any atom is 0.307 e. The third-order valence-corrected chi connectivity index (χ3v) is 3.94. The molecule has 0 aromatic carbocycles. The summed E-state index contributed by atoms with van der Waals surface area (Å²) in [7, 11) is 0. The van der Waals surface area contributed by atoms with E-state index in [1.54, 1.807) is 6.92 Å². The van der Waals surface area contributed by atoms with Gasteiger partial charge in [-0.3, -0.25) is 9.59 Å². The number of aliphatic carboxylic acids is 1. The van der Waals surface area contributed by atoms with E-state index in [2.05, 4.69) is 15.5 Å². The molecular formula is C13H20N4O3. The Hall–Kier alpha value is -1.92. The topological polar surface area (TPSA) is 97.1 Å². The van der Waals surface area contributed by atoms with E-state index in [-0.39, 0.29) is 11.9 Å². The second-order valence-corrected chi connectivity index (χ2v) is 5.38. The molecule has 1 aromatic heterocycles. The van der Waals surface area contributed by atoms with Crippen molar-refractivity contribution < 1.29 is 14.7 Å². The van der Waals surface area contributed by atoms with Crippen molar-refractivity contribution >= 4 is 11.9 Å². The molecule has 1 amide bonds. The molecule has 7 nitrogen and oxygen atoms in total. The summed E-state index contributed by atoms with van der Waals surface area (Å²) in [6.45, 7) is 5.87. The van der Waals surface area contributed by atoms with Gasteiger partial charge in [-0.15, -0.1) is 10.2 Å². The Bertz CT molecular complexity index is 526. The summed E-state index contributed by atoms with van der Waals surface area (Å²) in [5, 5.41) is 20.0. The van der Waals surface area contributed by atoms with E-state index < -0.39 is 17.8 Å². The van der Waals surface area contributed by atoms with Gasteiger partial charge in [0.05, 0.1) is 12.0 Å². The molecule has 110 valence electrons. The molecule has 0 saturated heterocycles. The molecular weight excluding hydrogens is 260 g/mol. The smallest absolute Gasteiger partial charge is 0.307 e. The Morgan fingerprint density at radius 2 is 1.95 bits per heavy atom. The highest BCUT2D eigenvalue weighted by molar-refractivity contribution is 5.84. The average Bonchev–Trinajstić information content (AvgIpc) is 2.98. The number of aryl methyl sites for hydroxylation is 1. The van der Waals surface area contributed by atoms with Crippen molar-refractivity contribution in [1.82, 2.24) is 20.1 Å². The number of carbonyl (C=O) groups is 2. The van der Waals surface area contributed by atoms with E-state index in [0.717, 1.165) is 31.0 Å². The SMILES string of the molecule is CC(NC(=O)C(C)C(C)C(=O)O)c1nnc2n1CCC2. The third-order valence-electron chi connectivity index (χ3n) is 3.94. The second kappa shape index (κ2) is 5.60. The first-order valence-corrected chi connectivity index (χ1v) is 6.87. The number of hydrogen-bond acceptors (Lipinski definition) is 4. The number of aromatic nitrogens is 3. The van der Waals surface area contributed by atoms with Gasteiger partial charge in [0.25, 0.3) is 0 Å². The highest BCUT2D eigenvalue weighted by Crippen LogP contribution is 2.20. The molecule has 0 spiro atoms. The Labute approximate surface area is 117 Å². The quantitative estimate of drug-likeness (QED) is 0.830. The molecule has 2 rings (SSSR count). The van der Waals surface area contributed by atoms with Gasteiger partial charge < -0.3 is 15.0 Å². The molecule has 7 heteroatoms. The van der Waals surface area contributed by atoms with Crippen molar-refractivity contribution in [3.05, 3.63) is 11.6 Å². The number of amides is 1. The molecule has 2 heterocycles. The number of carbonyl (C=O) groups excluding carboxylic acids is 1. The summed E-state index contributed by atoms with van der Waals surface area (Å²) in [4.78, 5) is 23.0. The van der Waals surface area contributed by atoms with Crippen LogP contribution in [0.1, 0.15) is 44.9 Å². The summed E-state index contributed by atoms with van der Waals surface area (Å²) in [6, 6.07) is -0.273. The van der Waals surface area contributed by atoms with Crippen molar-refractivity contribution in [1.29, 1.82) is 0 Å². The summed E-state index contributed by atoms with van der Waals surface area (Å²) >= 11 is 0. The monoisotopic (exact) mass is 280 g/mol. The number of nitrogens with one attached hydrogen (secondary N) is 1. The van der Waals surface area contributed by atoms with Crippen LogP contribution < -0.4 is 5.32 Å². The third kappa shape index (κ3) is 2.66. The fourth-order valence-corrected chi connectivity index (χ4v) is 2.34. The van der Waals surface area contributed by atoms with E-state index >= 15 is 0 Å². The number of fused-ring (bicyclic) bond motifs is 1. The number of nitrogens with zero attached hydrogens (tertiary/aromatic N) is 3. The largest absolute Gasteiger partial charge is 0.481 e. The summed E-state index contributed by atoms with van der Waals surface area (Å²) in [5.74, 6) is -0.859. The maximum atomic E-state index is 12.1. The van der Waals surface area contributed by atoms with Crippen LogP contribution in [0.2, 0.25) is 0 Å². The Kier molecular flexibility index (Phi) is 4.06. The van der Waals surface area contributed by atoms with Gasteiger partial charge in [-0.25, -0.2) is 0 Å². The van der Waals surface area contributed by atoms with E-state index in [9.17, 15) is 9.59 Å². The molecule has 0 aliphatic carbocycles. The molecule has 3 atom stereocenters. The predicted octanol–water partition coefficient (Wildman–Crippen LogP) is 0.758. The van der Waals surface area contributed by atoms with Crippen molar-refractivity contribution in [3.8, 4) is 0 Å². The molecule has 0 fully saturated rings. The van der Waals surface area contributed by atoms with E-state index in [4.69, 9.17) is 5.11 Å². The van der Waals surface area contributed by atoms with Gasteiger partial charge in [-0.05, 0) is 13.3 Å². The molecule has 1 aliphatic heterocycles. The molecule has 1 aromatic rings. The average molecular weight is 280 g/mol. The molecule has 20 heavy (non-hydrogen) atoms. The zero-order chi connectivity index (χ0) is 14.9. The first-order valence-electron chi connectivity index (χ1n) is 6.87. The van der Waals surface area contributed by atoms with Gasteiger partial charge in [0.2, 0.25) is 5.91 Å². The standard InChI is InChI=1S/C13H20N4O3/c1-7(8(2)13(19)20)12(18)14-9(3)11-16-15-10-5-4-6-17(10)11/h7-9H,4-6H2,1-3H3,(H,14,18)(H,19,20). The minimum absolute atomic E-state index is 0.273. The number of carboxylic acids is 1. The van der Waals surface area contributed by atoms with Crippen molar-refractivity contribution in [2.45, 2.75) is 46.2 Å². The molecule has 0 radical (unpaired) electrons. The summed E-state index contributed by atoms with van der Waals surface area (Å²) in [6.07, 6.45) is 1.96. The Morgan fingerprint density at radius 3 is 2.60 bits per heavy atom. The van der Waals surface area contributed by atoms with Gasteiger partial charge in [-0.1, -0.05) is 13.8 Å². The van der Waals surface area contributed by atoms with Gasteiger partial charge >= 0.3 is 5.97 Å². The van der Waals surface area contributed by atoms with Gasteiger partial charge in [0, 0.05) is 18.9 Å². The lowest BCUT2D eigenvalue weighted by Crippen LogP contribution is -2.37. The fourth-order valence-electron chi connectivity index (χ4n) is 2.34. The van der Waals surface area contributed by atoms with Crippen molar-refractivity contribution in [2.75, 3.05) is 0 Å². The maximum absolute atomic E-state index is 12.1. The second-order valence-electron chi connectivity index (χ2n) is 5.38. The van der Waals surface area contributed by atoms with Gasteiger partial charge in [0.1, 0.15) is 5.82 Å². The van der Waals surface area contributed by atoms with Crippen LogP contribution in [0.5, 0.6) is 0 Å². The van der Waals surface area contributed by atoms with Crippen LogP contribution >= 0.6 is 0 Å². The molecule has 0 bridgehead atoms. The normalized spacial score (nSPS) is 18.1. The lowest BCUT2D eigenvalue weighted by Gasteiger charge is -2.19. The van der Waals surface area contributed by atoms with Crippen LogP contribution in [-0.4, -0.2) is 31.7 Å². The lowest BCUT2D eigenvalue weighted by molar-refractivity contribution is -0.146. The highest BCUT2D eigenvalue weighted by Gasteiger charge is 2.28. The van der Waals surface area contributed by atoms with Crippen molar-refractivity contribution in [2.24, 2.45) is 11.8 Å². The molecule has 1 aliphatic rings. The van der Waals surface area contributed by atoms with E-state index in [1.165, 1.54) is 6.92 Å². The fraction of sp³-hybridized carbons (Fsp3) is 0.692. The lowest BCUT2D eigenvalue weighted by atomic mass is 9.95. The van der Waals surface area contributed by atoms with Crippen LogP contribution in [0.4, 0.5) is 0 Å². The van der Waals surface area contributed by atoms with Crippen LogP contribution in [-0.2, 0) is 22.6 Å². The van der Waals surface area contributed by atoms with Crippen LogP contribution in [0, 0.1) is 11.8 Å². The van der Waals surface area contributed by atoms with Crippen LogP contribution in [0.3, 0.4) is 0 Å². The number of rotatable bonds is 5. The van der Waals surface area contributed by atoms with Gasteiger partial charge in [-0.2, -0.15) is 0 Å². The zero-order valence-electron chi connectivity index (χ0n) is 12.0. The van der Waals surface area contributed by atoms with Crippen molar-refractivity contribution in [3.63, 3.8) is 0 Å². The Balaban J connectivity index is 2.02. The Morgan fingerprint density at radius 1 is 1.25 bits per heavy atom. The van der Waals surface area contributed by atoms with Gasteiger partial charge in [0.15, 0.2) is 5.82 Å². The zero-order valence-corrected chi connectivity index (χ0v) is 12.0. The molecule has 2 N–H and O–H groups in total. The summed E-state index contributed by atoms with van der Waals surface area (Å²) in [5.41, 5.74) is 0. The predicted molar refractivity (Wildman–Crippen MR) is 70.9 cm³/mol. The van der Waals surface area contributed by atoms with E-state index in [1.807, 2.05) is 11.5 Å². The molecule has 3 unspecified atom stereocenters. The first kappa shape index (κ1) is 14.5. The number of hydrogen-bond donors (Lipinski definition) is 2. The number of carboxylic acid groups (broad SMARTS) is 1. The minimum Gasteiger partial charge on any atom is -0.481 e. The molecule has 0 saturated carbocycles. The first-order chi connectivity index (χ1) is 9.41. The highest BCUT2D eigenvalue weighted by atomic mass is 16.4. The van der Waals surface area contributed by atoms with E-state index in [0.29, 0.717) is 0 Å². The minimum atomic E-state index is -0.969. The van der Waals surface area contributed by atoms with Crippen LogP contribution in [0.15, 0.2) is 0 Å². The van der Waals surface area contributed by atoms with Crippen LogP contribution in [0.25, 0.3) is 0 Å². The summed E-state index contributed by atoms with van der Waals surface area (Å²) < 4.78 is 2.02.